The van der Waals surface area contributed by atoms with Gasteiger partial charge in [-0.2, -0.15) is 10.5 Å². The van der Waals surface area contributed by atoms with Crippen LogP contribution in [0.5, 0.6) is 11.5 Å². The van der Waals surface area contributed by atoms with Gasteiger partial charge in [0.1, 0.15) is 11.6 Å². The summed E-state index contributed by atoms with van der Waals surface area (Å²) in [7, 11) is 0. The van der Waals surface area contributed by atoms with Gasteiger partial charge in [0.2, 0.25) is 0 Å². The van der Waals surface area contributed by atoms with E-state index in [0.29, 0.717) is 5.56 Å². The highest BCUT2D eigenvalue weighted by Crippen LogP contribution is 2.39. The molecule has 17 heavy (non-hydrogen) atoms. The summed E-state index contributed by atoms with van der Waals surface area (Å²) in [6.07, 6.45) is 4.64. The van der Waals surface area contributed by atoms with Crippen LogP contribution >= 0.6 is 0 Å². The van der Waals surface area contributed by atoms with Gasteiger partial charge in [-0.15, -0.1) is 0 Å². The second kappa shape index (κ2) is 4.19. The summed E-state index contributed by atoms with van der Waals surface area (Å²) in [4.78, 5) is 0. The van der Waals surface area contributed by atoms with Gasteiger partial charge in [0.05, 0.1) is 11.6 Å². The lowest BCUT2D eigenvalue weighted by Crippen LogP contribution is -1.94. The molecule has 1 aliphatic rings. The van der Waals surface area contributed by atoms with Gasteiger partial charge in [0, 0.05) is 11.6 Å². The molecule has 0 fully saturated rings. The largest absolute Gasteiger partial charge is 0.504 e. The smallest absolute Gasteiger partial charge is 0.176 e. The van der Waals surface area contributed by atoms with Crippen molar-refractivity contribution in [2.24, 2.45) is 0 Å². The van der Waals surface area contributed by atoms with Crippen LogP contribution < -0.4 is 0 Å². The van der Waals surface area contributed by atoms with Gasteiger partial charge < -0.3 is 10.2 Å². The Morgan fingerprint density at radius 3 is 2.47 bits per heavy atom. The standard InChI is InChI=1S/C13H10N2O2/c14-6-9-5-11(16)13(17)10(7-15)12(9)8-3-1-2-4-8/h3,5,16-17H,1-2,4H2. The highest BCUT2D eigenvalue weighted by atomic mass is 16.3. The van der Waals surface area contributed by atoms with Gasteiger partial charge in [0.15, 0.2) is 11.5 Å². The van der Waals surface area contributed by atoms with Gasteiger partial charge in [0.25, 0.3) is 0 Å². The highest BCUT2D eigenvalue weighted by molar-refractivity contribution is 5.80. The molecule has 0 radical (unpaired) electrons. The number of allylic oxidation sites excluding steroid dienone is 2. The number of hydrogen-bond acceptors (Lipinski definition) is 4. The second-order valence-corrected chi connectivity index (χ2v) is 3.89. The van der Waals surface area contributed by atoms with Crippen molar-refractivity contribution in [1.29, 1.82) is 10.5 Å². The van der Waals surface area contributed by atoms with Crippen molar-refractivity contribution in [3.63, 3.8) is 0 Å². The first-order chi connectivity index (χ1) is 8.19. The molecule has 0 unspecified atom stereocenters. The van der Waals surface area contributed by atoms with Crippen molar-refractivity contribution in [3.05, 3.63) is 28.8 Å². The fourth-order valence-electron chi connectivity index (χ4n) is 2.09. The molecule has 1 aromatic rings. The molecule has 2 N–H and O–H groups in total. The molecular formula is C13H10N2O2. The summed E-state index contributed by atoms with van der Waals surface area (Å²) in [6.45, 7) is 0. The number of benzene rings is 1. The van der Waals surface area contributed by atoms with E-state index in [1.807, 2.05) is 18.2 Å². The molecule has 4 heteroatoms. The second-order valence-electron chi connectivity index (χ2n) is 3.89. The van der Waals surface area contributed by atoms with Crippen LogP contribution in [0.25, 0.3) is 5.57 Å². The van der Waals surface area contributed by atoms with Crippen molar-refractivity contribution in [2.75, 3.05) is 0 Å². The van der Waals surface area contributed by atoms with Crippen LogP contribution in [0.15, 0.2) is 12.1 Å². The normalized spacial score (nSPS) is 13.9. The lowest BCUT2D eigenvalue weighted by Gasteiger charge is -2.10. The molecular weight excluding hydrogens is 216 g/mol. The van der Waals surface area contributed by atoms with Crippen LogP contribution in [0.2, 0.25) is 0 Å². The van der Waals surface area contributed by atoms with Crippen LogP contribution in [-0.2, 0) is 0 Å². The van der Waals surface area contributed by atoms with Crippen LogP contribution in [0.4, 0.5) is 0 Å². The number of hydrogen-bond donors (Lipinski definition) is 2. The molecule has 4 nitrogen and oxygen atoms in total. The third-order valence-electron chi connectivity index (χ3n) is 2.87. The first-order valence-corrected chi connectivity index (χ1v) is 5.27. The fraction of sp³-hybridized carbons (Fsp3) is 0.231. The van der Waals surface area contributed by atoms with E-state index in [4.69, 9.17) is 10.5 Å². The summed E-state index contributed by atoms with van der Waals surface area (Å²) in [6, 6.07) is 5.01. The minimum atomic E-state index is -0.450. The topological polar surface area (TPSA) is 88.0 Å². The van der Waals surface area contributed by atoms with E-state index in [1.165, 1.54) is 6.07 Å². The molecule has 0 spiro atoms. The number of rotatable bonds is 1. The van der Waals surface area contributed by atoms with E-state index < -0.39 is 11.5 Å². The van der Waals surface area contributed by atoms with Gasteiger partial charge in [-0.25, -0.2) is 0 Å². The fourth-order valence-corrected chi connectivity index (χ4v) is 2.09. The summed E-state index contributed by atoms with van der Waals surface area (Å²) in [5.74, 6) is -0.880. The Kier molecular flexibility index (Phi) is 2.72. The molecule has 0 aromatic heterocycles. The summed E-state index contributed by atoms with van der Waals surface area (Å²) >= 11 is 0. The predicted molar refractivity (Wildman–Crippen MR) is 61.0 cm³/mol. The summed E-state index contributed by atoms with van der Waals surface area (Å²) in [5.41, 5.74) is 1.57. The quantitative estimate of drug-likeness (QED) is 0.719. The van der Waals surface area contributed by atoms with Crippen LogP contribution in [0, 0.1) is 22.7 Å². The van der Waals surface area contributed by atoms with Crippen molar-refractivity contribution < 1.29 is 10.2 Å². The molecule has 0 heterocycles. The maximum Gasteiger partial charge on any atom is 0.176 e. The Morgan fingerprint density at radius 2 is 1.94 bits per heavy atom. The van der Waals surface area contributed by atoms with Crippen molar-refractivity contribution in [1.82, 2.24) is 0 Å². The molecule has 0 saturated heterocycles. The van der Waals surface area contributed by atoms with Gasteiger partial charge >= 0.3 is 0 Å². The van der Waals surface area contributed by atoms with E-state index in [1.54, 1.807) is 0 Å². The van der Waals surface area contributed by atoms with Crippen molar-refractivity contribution in [2.45, 2.75) is 19.3 Å². The average molecular weight is 226 g/mol. The molecule has 0 atom stereocenters. The lowest BCUT2D eigenvalue weighted by molar-refractivity contribution is 0.402. The van der Waals surface area contributed by atoms with Gasteiger partial charge in [-0.1, -0.05) is 6.08 Å². The van der Waals surface area contributed by atoms with Crippen LogP contribution in [0.1, 0.15) is 36.0 Å². The molecule has 0 aliphatic heterocycles. The predicted octanol–water partition coefficient (Wildman–Crippen LogP) is 2.41. The van der Waals surface area contributed by atoms with Gasteiger partial charge in [-0.05, 0) is 24.8 Å². The average Bonchev–Trinajstić information content (AvgIpc) is 2.85. The van der Waals surface area contributed by atoms with E-state index in [9.17, 15) is 10.2 Å². The number of aromatic hydroxyl groups is 2. The van der Waals surface area contributed by atoms with E-state index in [0.717, 1.165) is 24.8 Å². The van der Waals surface area contributed by atoms with Crippen molar-refractivity contribution >= 4 is 5.57 Å². The zero-order chi connectivity index (χ0) is 12.4. The SMILES string of the molecule is N#Cc1cc(O)c(O)c(C#N)c1C1=CCCC1. The molecule has 1 aliphatic carbocycles. The minimum absolute atomic E-state index is 0.0188. The number of nitriles is 2. The van der Waals surface area contributed by atoms with E-state index in [-0.39, 0.29) is 11.1 Å². The summed E-state index contributed by atoms with van der Waals surface area (Å²) < 4.78 is 0. The van der Waals surface area contributed by atoms with Gasteiger partial charge in [-0.3, -0.25) is 0 Å². The number of phenols is 2. The van der Waals surface area contributed by atoms with Crippen molar-refractivity contribution in [3.8, 4) is 23.6 Å². The Hall–Kier alpha value is -2.46. The Morgan fingerprint density at radius 1 is 1.18 bits per heavy atom. The third kappa shape index (κ3) is 1.70. The number of nitrogens with zero attached hydrogens (tertiary/aromatic N) is 2. The first kappa shape index (κ1) is 11.0. The zero-order valence-corrected chi connectivity index (χ0v) is 9.06. The molecule has 0 bridgehead atoms. The first-order valence-electron chi connectivity index (χ1n) is 5.27. The monoisotopic (exact) mass is 226 g/mol. The molecule has 0 saturated carbocycles. The Balaban J connectivity index is 2.76. The Bertz CT molecular complexity index is 589. The third-order valence-corrected chi connectivity index (χ3v) is 2.87. The maximum absolute atomic E-state index is 9.65. The summed E-state index contributed by atoms with van der Waals surface area (Å²) in [5, 5.41) is 37.2. The Labute approximate surface area is 98.7 Å². The van der Waals surface area contributed by atoms with E-state index >= 15 is 0 Å². The molecule has 84 valence electrons. The lowest BCUT2D eigenvalue weighted by atomic mass is 9.93. The van der Waals surface area contributed by atoms with Crippen LogP contribution in [-0.4, -0.2) is 10.2 Å². The number of phenolic OH excluding ortho intramolecular Hbond substituents is 2. The maximum atomic E-state index is 9.65. The molecule has 2 rings (SSSR count). The minimum Gasteiger partial charge on any atom is -0.504 e. The van der Waals surface area contributed by atoms with E-state index in [2.05, 4.69) is 0 Å². The molecule has 1 aromatic carbocycles. The zero-order valence-electron chi connectivity index (χ0n) is 9.06. The van der Waals surface area contributed by atoms with Crippen LogP contribution in [0.3, 0.4) is 0 Å². The molecule has 0 amide bonds. The highest BCUT2D eigenvalue weighted by Gasteiger charge is 2.21.